The molecule has 1 saturated heterocycles. The number of carbonyl (C=O) groups excluding carboxylic acids is 1. The van der Waals surface area contributed by atoms with Crippen molar-refractivity contribution in [3.8, 4) is 5.69 Å². The van der Waals surface area contributed by atoms with Gasteiger partial charge in [0.05, 0.1) is 5.69 Å². The van der Waals surface area contributed by atoms with Crippen LogP contribution in [0.15, 0.2) is 41.2 Å². The van der Waals surface area contributed by atoms with Crippen molar-refractivity contribution in [1.82, 2.24) is 19.6 Å². The van der Waals surface area contributed by atoms with Crippen LogP contribution in [0.25, 0.3) is 5.69 Å². The molecular weight excluding hydrogens is 316 g/mol. The number of aryl methyl sites for hydroxylation is 1. The van der Waals surface area contributed by atoms with Crippen molar-refractivity contribution in [3.05, 3.63) is 58.0 Å². The number of aromatic nitrogens is 2. The van der Waals surface area contributed by atoms with Crippen molar-refractivity contribution < 1.29 is 4.79 Å². The number of carbonyl (C=O) groups is 1. The molecule has 132 valence electrons. The number of rotatable bonds is 3. The first-order chi connectivity index (χ1) is 12.1. The molecule has 3 rings (SSSR count). The molecule has 6 heteroatoms. The zero-order valence-electron chi connectivity index (χ0n) is 14.8. The standard InChI is InChI=1S/C19H24N4O2/c1-3-21-10-7-11-22(13-12-21)19(25)18-17(24)14-15(2)23(20-18)16-8-5-4-6-9-16/h4-6,8-9,14H,3,7,10-13H2,1-2H3. The van der Waals surface area contributed by atoms with E-state index in [0.29, 0.717) is 18.8 Å². The van der Waals surface area contributed by atoms with Crippen LogP contribution in [0.4, 0.5) is 0 Å². The SMILES string of the molecule is CCN1CCCN(C(=O)c2nn(-c3ccccc3)c(C)cc2=O)CC1. The van der Waals surface area contributed by atoms with Crippen LogP contribution in [0, 0.1) is 6.92 Å². The van der Waals surface area contributed by atoms with Gasteiger partial charge in [-0.1, -0.05) is 25.1 Å². The molecule has 1 amide bonds. The normalized spacial score (nSPS) is 15.8. The van der Waals surface area contributed by atoms with Gasteiger partial charge < -0.3 is 9.80 Å². The number of likely N-dealkylation sites (N-methyl/N-ethyl adjacent to an activating group) is 1. The molecule has 0 saturated carbocycles. The maximum absolute atomic E-state index is 12.9. The third-order valence-corrected chi connectivity index (χ3v) is 4.63. The summed E-state index contributed by atoms with van der Waals surface area (Å²) in [4.78, 5) is 29.3. The lowest BCUT2D eigenvalue weighted by Crippen LogP contribution is -2.38. The first-order valence-corrected chi connectivity index (χ1v) is 8.78. The average molecular weight is 340 g/mol. The fourth-order valence-electron chi connectivity index (χ4n) is 3.17. The fourth-order valence-corrected chi connectivity index (χ4v) is 3.17. The molecule has 25 heavy (non-hydrogen) atoms. The average Bonchev–Trinajstić information content (AvgIpc) is 2.87. The smallest absolute Gasteiger partial charge is 0.278 e. The molecule has 0 unspecified atom stereocenters. The first kappa shape index (κ1) is 17.4. The maximum atomic E-state index is 12.9. The van der Waals surface area contributed by atoms with Crippen LogP contribution in [0.2, 0.25) is 0 Å². The molecule has 0 N–H and O–H groups in total. The third-order valence-electron chi connectivity index (χ3n) is 4.63. The Kier molecular flexibility index (Phi) is 5.28. The topological polar surface area (TPSA) is 58.4 Å². The van der Waals surface area contributed by atoms with Gasteiger partial charge in [0.25, 0.3) is 5.91 Å². The molecule has 2 aromatic rings. The van der Waals surface area contributed by atoms with E-state index >= 15 is 0 Å². The van der Waals surface area contributed by atoms with Gasteiger partial charge in [-0.3, -0.25) is 9.59 Å². The predicted molar refractivity (Wildman–Crippen MR) is 97.2 cm³/mol. The Balaban J connectivity index is 1.91. The van der Waals surface area contributed by atoms with Crippen LogP contribution in [-0.4, -0.2) is 58.2 Å². The molecule has 0 atom stereocenters. The summed E-state index contributed by atoms with van der Waals surface area (Å²) in [5.74, 6) is -0.271. The number of hydrogen-bond donors (Lipinski definition) is 0. The molecule has 0 aliphatic carbocycles. The van der Waals surface area contributed by atoms with E-state index < -0.39 is 0 Å². The van der Waals surface area contributed by atoms with Crippen molar-refractivity contribution in [3.63, 3.8) is 0 Å². The van der Waals surface area contributed by atoms with Crippen LogP contribution in [-0.2, 0) is 0 Å². The number of hydrogen-bond acceptors (Lipinski definition) is 4. The molecule has 6 nitrogen and oxygen atoms in total. The van der Waals surface area contributed by atoms with Gasteiger partial charge in [-0.05, 0) is 38.6 Å². The van der Waals surface area contributed by atoms with Crippen LogP contribution >= 0.6 is 0 Å². The second-order valence-electron chi connectivity index (χ2n) is 6.33. The summed E-state index contributed by atoms with van der Waals surface area (Å²) in [6.45, 7) is 8.03. The van der Waals surface area contributed by atoms with E-state index in [1.165, 1.54) is 6.07 Å². The number of nitrogens with zero attached hydrogens (tertiary/aromatic N) is 4. The van der Waals surface area contributed by atoms with E-state index in [4.69, 9.17) is 0 Å². The Bertz CT molecular complexity index is 801. The van der Waals surface area contributed by atoms with E-state index in [1.807, 2.05) is 37.3 Å². The molecule has 1 fully saturated rings. The van der Waals surface area contributed by atoms with Crippen LogP contribution in [0.5, 0.6) is 0 Å². The quantitative estimate of drug-likeness (QED) is 0.853. The molecular formula is C19H24N4O2. The Morgan fingerprint density at radius 3 is 2.60 bits per heavy atom. The van der Waals surface area contributed by atoms with E-state index in [1.54, 1.807) is 9.58 Å². The highest BCUT2D eigenvalue weighted by Gasteiger charge is 2.23. The van der Waals surface area contributed by atoms with E-state index in [2.05, 4.69) is 16.9 Å². The summed E-state index contributed by atoms with van der Waals surface area (Å²) < 4.78 is 1.66. The minimum absolute atomic E-state index is 0.000554. The Morgan fingerprint density at radius 2 is 1.88 bits per heavy atom. The van der Waals surface area contributed by atoms with E-state index in [0.717, 1.165) is 31.7 Å². The Morgan fingerprint density at radius 1 is 1.12 bits per heavy atom. The van der Waals surface area contributed by atoms with Crippen molar-refractivity contribution in [2.24, 2.45) is 0 Å². The Hall–Kier alpha value is -2.47. The molecule has 0 spiro atoms. The minimum atomic E-state index is -0.314. The first-order valence-electron chi connectivity index (χ1n) is 8.78. The van der Waals surface area contributed by atoms with Gasteiger partial charge in [-0.25, -0.2) is 4.68 Å². The highest BCUT2D eigenvalue weighted by atomic mass is 16.2. The molecule has 2 heterocycles. The molecule has 1 aromatic carbocycles. The van der Waals surface area contributed by atoms with Crippen LogP contribution in [0.1, 0.15) is 29.5 Å². The van der Waals surface area contributed by atoms with Crippen molar-refractivity contribution in [2.45, 2.75) is 20.3 Å². The van der Waals surface area contributed by atoms with Gasteiger partial charge in [0, 0.05) is 31.4 Å². The van der Waals surface area contributed by atoms with Crippen molar-refractivity contribution >= 4 is 5.91 Å². The third kappa shape index (κ3) is 3.79. The number of benzene rings is 1. The zero-order chi connectivity index (χ0) is 17.8. The molecule has 0 bridgehead atoms. The summed E-state index contributed by atoms with van der Waals surface area (Å²) in [5, 5.41) is 4.39. The van der Waals surface area contributed by atoms with Crippen LogP contribution in [0.3, 0.4) is 0 Å². The maximum Gasteiger partial charge on any atom is 0.278 e. The zero-order valence-corrected chi connectivity index (χ0v) is 14.8. The van der Waals surface area contributed by atoms with Gasteiger partial charge in [-0.2, -0.15) is 5.10 Å². The fraction of sp³-hybridized carbons (Fsp3) is 0.421. The Labute approximate surface area is 147 Å². The summed E-state index contributed by atoms with van der Waals surface area (Å²) in [6, 6.07) is 11.0. The summed E-state index contributed by atoms with van der Waals surface area (Å²) in [7, 11) is 0. The van der Waals surface area contributed by atoms with E-state index in [-0.39, 0.29) is 17.0 Å². The second kappa shape index (κ2) is 7.61. The largest absolute Gasteiger partial charge is 0.336 e. The molecule has 1 aliphatic heterocycles. The monoisotopic (exact) mass is 340 g/mol. The van der Waals surface area contributed by atoms with Gasteiger partial charge in [0.15, 0.2) is 5.69 Å². The van der Waals surface area contributed by atoms with Gasteiger partial charge >= 0.3 is 0 Å². The van der Waals surface area contributed by atoms with Gasteiger partial charge in [-0.15, -0.1) is 0 Å². The summed E-state index contributed by atoms with van der Waals surface area (Å²) >= 11 is 0. The lowest BCUT2D eigenvalue weighted by molar-refractivity contribution is 0.0752. The van der Waals surface area contributed by atoms with Crippen molar-refractivity contribution in [1.29, 1.82) is 0 Å². The molecule has 1 aliphatic rings. The highest BCUT2D eigenvalue weighted by molar-refractivity contribution is 5.92. The van der Waals surface area contributed by atoms with Gasteiger partial charge in [0.1, 0.15) is 0 Å². The number of para-hydroxylation sites is 1. The van der Waals surface area contributed by atoms with Crippen LogP contribution < -0.4 is 5.43 Å². The summed E-state index contributed by atoms with van der Waals surface area (Å²) in [6.07, 6.45) is 0.915. The predicted octanol–water partition coefficient (Wildman–Crippen LogP) is 1.71. The summed E-state index contributed by atoms with van der Waals surface area (Å²) in [5.41, 5.74) is 1.23. The van der Waals surface area contributed by atoms with Gasteiger partial charge in [0.2, 0.25) is 5.43 Å². The lowest BCUT2D eigenvalue weighted by Gasteiger charge is -2.21. The lowest BCUT2D eigenvalue weighted by atomic mass is 10.2. The minimum Gasteiger partial charge on any atom is -0.336 e. The second-order valence-corrected chi connectivity index (χ2v) is 6.33. The molecule has 1 aromatic heterocycles. The number of amides is 1. The molecule has 0 radical (unpaired) electrons. The van der Waals surface area contributed by atoms with Crippen molar-refractivity contribution in [2.75, 3.05) is 32.7 Å². The van der Waals surface area contributed by atoms with E-state index in [9.17, 15) is 9.59 Å². The highest BCUT2D eigenvalue weighted by Crippen LogP contribution is 2.10.